The van der Waals surface area contributed by atoms with Crippen LogP contribution in [0.25, 0.3) is 0 Å². The van der Waals surface area contributed by atoms with Gasteiger partial charge in [-0.1, -0.05) is 0 Å². The molecule has 0 aliphatic heterocycles. The van der Waals surface area contributed by atoms with E-state index < -0.39 is 0 Å². The van der Waals surface area contributed by atoms with Crippen molar-refractivity contribution in [1.82, 2.24) is 10.7 Å². The highest BCUT2D eigenvalue weighted by Crippen LogP contribution is 1.94. The number of amides is 1. The second-order valence-corrected chi connectivity index (χ2v) is 3.22. The van der Waals surface area contributed by atoms with Gasteiger partial charge in [-0.2, -0.15) is 0 Å². The first-order valence-corrected chi connectivity index (χ1v) is 5.23. The van der Waals surface area contributed by atoms with Gasteiger partial charge in [0.15, 0.2) is 0 Å². The largest absolute Gasteiger partial charge is 0.383 e. The van der Waals surface area contributed by atoms with Gasteiger partial charge in [0.05, 0.1) is 6.61 Å². The summed E-state index contributed by atoms with van der Waals surface area (Å²) in [6.45, 7) is 1.83. The van der Waals surface area contributed by atoms with Crippen LogP contribution in [-0.4, -0.2) is 38.7 Å². The first-order chi connectivity index (χ1) is 7.70. The van der Waals surface area contributed by atoms with E-state index in [9.17, 15) is 4.79 Å². The molecule has 0 atom stereocenters. The Morgan fingerprint density at radius 2 is 2.19 bits per heavy atom. The normalized spacial score (nSPS) is 11.2. The Morgan fingerprint density at radius 3 is 2.75 bits per heavy atom. The van der Waals surface area contributed by atoms with Crippen LogP contribution in [0.4, 0.5) is 0 Å². The van der Waals surface area contributed by atoms with E-state index in [-0.39, 0.29) is 5.91 Å². The lowest BCUT2D eigenvalue weighted by Gasteiger charge is -2.08. The van der Waals surface area contributed by atoms with E-state index in [0.717, 1.165) is 12.8 Å². The fourth-order valence-electron chi connectivity index (χ4n) is 1.03. The first kappa shape index (κ1) is 14.7. The molecule has 6 N–H and O–H groups in total. The summed E-state index contributed by atoms with van der Waals surface area (Å²) < 4.78 is 4.87. The fraction of sp³-hybridized carbons (Fsp3) is 0.778. The summed E-state index contributed by atoms with van der Waals surface area (Å²) in [6, 6.07) is 0. The van der Waals surface area contributed by atoms with Gasteiger partial charge in [0.1, 0.15) is 0 Å². The number of nitrogens with zero attached hydrogens (tertiary/aromatic N) is 1. The molecule has 94 valence electrons. The molecule has 0 saturated heterocycles. The van der Waals surface area contributed by atoms with Crippen LogP contribution in [0.3, 0.4) is 0 Å². The quantitative estimate of drug-likeness (QED) is 0.136. The monoisotopic (exact) mass is 231 g/mol. The van der Waals surface area contributed by atoms with Gasteiger partial charge in [-0.05, 0) is 12.8 Å². The smallest absolute Gasteiger partial charge is 0.217 e. The summed E-state index contributed by atoms with van der Waals surface area (Å²) >= 11 is 0. The molecule has 0 aromatic heterocycles. The second kappa shape index (κ2) is 10.2. The minimum atomic E-state index is -0.278. The number of nitrogens with two attached hydrogens (primary N) is 2. The third-order valence-electron chi connectivity index (χ3n) is 1.84. The van der Waals surface area contributed by atoms with Crippen LogP contribution in [0, 0.1) is 0 Å². The van der Waals surface area contributed by atoms with Crippen LogP contribution in [0.5, 0.6) is 0 Å². The highest BCUT2D eigenvalue weighted by molar-refractivity contribution is 5.79. The van der Waals surface area contributed by atoms with Crippen LogP contribution in [0.2, 0.25) is 0 Å². The predicted octanol–water partition coefficient (Wildman–Crippen LogP) is -1.30. The Hall–Kier alpha value is -1.34. The number of aliphatic imine (C=N–C) groups is 1. The highest BCUT2D eigenvalue weighted by Gasteiger charge is 1.96. The molecule has 0 aromatic rings. The first-order valence-electron chi connectivity index (χ1n) is 5.23. The molecule has 0 unspecified atom stereocenters. The lowest BCUT2D eigenvalue weighted by molar-refractivity contribution is -0.118. The average Bonchev–Trinajstić information content (AvgIpc) is 2.26. The second-order valence-electron chi connectivity index (χ2n) is 3.22. The highest BCUT2D eigenvalue weighted by atomic mass is 16.5. The Bertz CT molecular complexity index is 220. The van der Waals surface area contributed by atoms with E-state index in [4.69, 9.17) is 16.3 Å². The van der Waals surface area contributed by atoms with Gasteiger partial charge in [0.25, 0.3) is 0 Å². The zero-order valence-corrected chi connectivity index (χ0v) is 9.66. The van der Waals surface area contributed by atoms with Gasteiger partial charge in [0, 0.05) is 26.6 Å². The van der Waals surface area contributed by atoms with Crippen molar-refractivity contribution in [3.05, 3.63) is 0 Å². The maximum Gasteiger partial charge on any atom is 0.217 e. The van der Waals surface area contributed by atoms with Crippen molar-refractivity contribution < 1.29 is 9.53 Å². The average molecular weight is 231 g/mol. The van der Waals surface area contributed by atoms with Gasteiger partial charge in [-0.25, -0.2) is 5.84 Å². The summed E-state index contributed by atoms with van der Waals surface area (Å²) in [5.74, 6) is 5.51. The van der Waals surface area contributed by atoms with Crippen LogP contribution in [0.15, 0.2) is 4.99 Å². The third-order valence-corrected chi connectivity index (χ3v) is 1.84. The Morgan fingerprint density at radius 1 is 1.44 bits per heavy atom. The summed E-state index contributed by atoms with van der Waals surface area (Å²) in [5, 5.41) is 2.97. The van der Waals surface area contributed by atoms with Crippen molar-refractivity contribution in [2.75, 3.05) is 26.8 Å². The molecule has 0 bridgehead atoms. The molecule has 0 aliphatic rings. The van der Waals surface area contributed by atoms with E-state index in [1.165, 1.54) is 0 Å². The number of ether oxygens (including phenoxy) is 1. The number of unbranched alkanes of at least 4 members (excludes halogenated alkanes) is 1. The molecule has 0 aliphatic carbocycles. The molecular weight excluding hydrogens is 210 g/mol. The molecule has 0 rings (SSSR count). The Kier molecular flexibility index (Phi) is 9.33. The molecule has 1 amide bonds. The van der Waals surface area contributed by atoms with Crippen molar-refractivity contribution in [2.24, 2.45) is 16.6 Å². The standard InChI is InChI=1S/C9H21N5O2/c1-16-7-6-13-9(14-11)12-5-3-2-4-8(10)15/h2-7,11H2,1H3,(H2,10,15)(H2,12,13,14). The van der Waals surface area contributed by atoms with Crippen LogP contribution in [-0.2, 0) is 9.53 Å². The SMILES string of the molecule is COCCNC(=NCCCCC(N)=O)NN. The molecule has 7 nitrogen and oxygen atoms in total. The minimum absolute atomic E-state index is 0.278. The molecule has 0 spiro atoms. The molecule has 7 heteroatoms. The summed E-state index contributed by atoms with van der Waals surface area (Å²) in [6.07, 6.45) is 1.95. The maximum absolute atomic E-state index is 10.5. The molecule has 16 heavy (non-hydrogen) atoms. The molecule has 0 radical (unpaired) electrons. The van der Waals surface area contributed by atoms with Gasteiger partial charge < -0.3 is 15.8 Å². The fourth-order valence-corrected chi connectivity index (χ4v) is 1.03. The van der Waals surface area contributed by atoms with Crippen LogP contribution in [0.1, 0.15) is 19.3 Å². The molecule has 0 fully saturated rings. The Labute approximate surface area is 95.6 Å². The van der Waals surface area contributed by atoms with E-state index in [0.29, 0.717) is 32.1 Å². The van der Waals surface area contributed by atoms with Crippen molar-refractivity contribution in [1.29, 1.82) is 0 Å². The number of hydrogen-bond donors (Lipinski definition) is 4. The topological polar surface area (TPSA) is 115 Å². The number of carbonyl (C=O) groups is 1. The number of carbonyl (C=O) groups excluding carboxylic acids is 1. The third kappa shape index (κ3) is 9.22. The van der Waals surface area contributed by atoms with E-state index in [1.54, 1.807) is 7.11 Å². The Balaban J connectivity index is 3.58. The summed E-state index contributed by atoms with van der Waals surface area (Å²) in [4.78, 5) is 14.6. The predicted molar refractivity (Wildman–Crippen MR) is 62.5 cm³/mol. The number of hydrazine groups is 1. The summed E-state index contributed by atoms with van der Waals surface area (Å²) in [5.41, 5.74) is 7.46. The lowest BCUT2D eigenvalue weighted by Crippen LogP contribution is -2.42. The van der Waals surface area contributed by atoms with Gasteiger partial charge in [0.2, 0.25) is 11.9 Å². The number of hydrogen-bond acceptors (Lipinski definition) is 4. The molecular formula is C9H21N5O2. The molecule has 0 aromatic carbocycles. The molecule has 0 heterocycles. The maximum atomic E-state index is 10.5. The van der Waals surface area contributed by atoms with Crippen molar-refractivity contribution in [3.8, 4) is 0 Å². The summed E-state index contributed by atoms with van der Waals surface area (Å²) in [7, 11) is 1.62. The number of guanidine groups is 1. The zero-order chi connectivity index (χ0) is 12.2. The van der Waals surface area contributed by atoms with Crippen LogP contribution >= 0.6 is 0 Å². The van der Waals surface area contributed by atoms with Gasteiger partial charge in [-0.3, -0.25) is 15.2 Å². The number of nitrogens with one attached hydrogen (secondary N) is 2. The minimum Gasteiger partial charge on any atom is -0.383 e. The number of rotatable bonds is 8. The zero-order valence-electron chi connectivity index (χ0n) is 9.66. The molecule has 0 saturated carbocycles. The number of primary amides is 1. The lowest BCUT2D eigenvalue weighted by atomic mass is 10.2. The van der Waals surface area contributed by atoms with Crippen LogP contribution < -0.4 is 22.3 Å². The van der Waals surface area contributed by atoms with E-state index in [2.05, 4.69) is 15.7 Å². The van der Waals surface area contributed by atoms with Crippen molar-refractivity contribution in [3.63, 3.8) is 0 Å². The van der Waals surface area contributed by atoms with E-state index >= 15 is 0 Å². The van der Waals surface area contributed by atoms with Crippen molar-refractivity contribution >= 4 is 11.9 Å². The van der Waals surface area contributed by atoms with Crippen molar-refractivity contribution in [2.45, 2.75) is 19.3 Å². The van der Waals surface area contributed by atoms with E-state index in [1.807, 2.05) is 0 Å². The van der Waals surface area contributed by atoms with Gasteiger partial charge in [-0.15, -0.1) is 0 Å². The van der Waals surface area contributed by atoms with Gasteiger partial charge >= 0.3 is 0 Å². The number of methoxy groups -OCH3 is 1.